The first-order valence-electron chi connectivity index (χ1n) is 9.04. The molecule has 128 valence electrons. The summed E-state index contributed by atoms with van der Waals surface area (Å²) < 4.78 is 1.86. The number of rotatable bonds is 11. The third-order valence-electron chi connectivity index (χ3n) is 4.32. The van der Waals surface area contributed by atoms with Gasteiger partial charge in [0.2, 0.25) is 0 Å². The van der Waals surface area contributed by atoms with E-state index in [9.17, 15) is 0 Å². The molecule has 1 heterocycles. The maximum Gasteiger partial charge on any atom is 0.113 e. The van der Waals surface area contributed by atoms with E-state index in [1.165, 1.54) is 38.8 Å². The van der Waals surface area contributed by atoms with Gasteiger partial charge in [0.05, 0.1) is 5.52 Å². The van der Waals surface area contributed by atoms with E-state index in [1.54, 1.807) is 0 Å². The molecule has 1 atom stereocenters. The van der Waals surface area contributed by atoms with Gasteiger partial charge in [-0.3, -0.25) is 0 Å². The van der Waals surface area contributed by atoms with E-state index >= 15 is 0 Å². The van der Waals surface area contributed by atoms with Gasteiger partial charge in [-0.1, -0.05) is 44.0 Å². The highest BCUT2D eigenvalue weighted by atomic mass is 15.5. The molecule has 1 aromatic carbocycles. The van der Waals surface area contributed by atoms with Crippen LogP contribution in [0.1, 0.15) is 58.5 Å². The number of benzene rings is 1. The second-order valence-corrected chi connectivity index (χ2v) is 6.28. The summed E-state index contributed by atoms with van der Waals surface area (Å²) in [7, 11) is 0. The second kappa shape index (κ2) is 9.63. The van der Waals surface area contributed by atoms with Crippen LogP contribution in [0, 0.1) is 0 Å². The number of unbranched alkanes of at least 4 members (excludes halogenated alkanes) is 2. The number of nitrogens with two attached hydrogens (primary N) is 1. The third-order valence-corrected chi connectivity index (χ3v) is 4.32. The minimum Gasteiger partial charge on any atom is -0.310 e. The van der Waals surface area contributed by atoms with E-state index in [-0.39, 0.29) is 6.17 Å². The van der Waals surface area contributed by atoms with Gasteiger partial charge in [-0.2, -0.15) is 0 Å². The molecule has 0 saturated heterocycles. The van der Waals surface area contributed by atoms with Crippen molar-refractivity contribution in [3.05, 3.63) is 24.3 Å². The fourth-order valence-electron chi connectivity index (χ4n) is 2.88. The zero-order chi connectivity index (χ0) is 16.5. The standard InChI is InChI=1S/C18H31N5/c1-3-5-13-22(14-6-4-2)15-9-12-18(19)23-17-11-8-7-10-16(17)20-21-23/h7-8,10-11,18H,3-6,9,12-15,19H2,1-2H3. The molecule has 2 N–H and O–H groups in total. The predicted molar refractivity (Wildman–Crippen MR) is 96.2 cm³/mol. The quantitative estimate of drug-likeness (QED) is 0.688. The molecule has 1 aromatic heterocycles. The van der Waals surface area contributed by atoms with Crippen LogP contribution >= 0.6 is 0 Å². The normalized spacial score (nSPS) is 13.0. The molecule has 0 bridgehead atoms. The molecule has 0 spiro atoms. The molecule has 0 saturated carbocycles. The lowest BCUT2D eigenvalue weighted by molar-refractivity contribution is 0.252. The minimum absolute atomic E-state index is 0.0957. The van der Waals surface area contributed by atoms with Crippen LogP contribution in [-0.4, -0.2) is 39.5 Å². The molecular formula is C18H31N5. The van der Waals surface area contributed by atoms with Crippen LogP contribution in [0.25, 0.3) is 11.0 Å². The van der Waals surface area contributed by atoms with Gasteiger partial charge < -0.3 is 10.6 Å². The Hall–Kier alpha value is -1.46. The van der Waals surface area contributed by atoms with Crippen molar-refractivity contribution in [2.75, 3.05) is 19.6 Å². The van der Waals surface area contributed by atoms with Crippen LogP contribution in [0.15, 0.2) is 24.3 Å². The summed E-state index contributed by atoms with van der Waals surface area (Å²) in [6.07, 6.45) is 7.01. The lowest BCUT2D eigenvalue weighted by Crippen LogP contribution is -2.28. The van der Waals surface area contributed by atoms with E-state index in [2.05, 4.69) is 29.1 Å². The molecule has 5 heteroatoms. The maximum absolute atomic E-state index is 6.33. The molecule has 5 nitrogen and oxygen atoms in total. The molecule has 0 radical (unpaired) electrons. The Morgan fingerprint density at radius 1 is 1.04 bits per heavy atom. The van der Waals surface area contributed by atoms with E-state index in [4.69, 9.17) is 5.73 Å². The van der Waals surface area contributed by atoms with Crippen LogP contribution in [0.4, 0.5) is 0 Å². The first-order valence-corrected chi connectivity index (χ1v) is 9.04. The number of fused-ring (bicyclic) bond motifs is 1. The maximum atomic E-state index is 6.33. The molecule has 0 aliphatic rings. The van der Waals surface area contributed by atoms with Gasteiger partial charge in [0.15, 0.2) is 0 Å². The molecular weight excluding hydrogens is 286 g/mol. The number of nitrogens with zero attached hydrogens (tertiary/aromatic N) is 4. The number of para-hydroxylation sites is 1. The highest BCUT2D eigenvalue weighted by Gasteiger charge is 2.12. The van der Waals surface area contributed by atoms with E-state index in [1.807, 2.05) is 28.9 Å². The summed E-state index contributed by atoms with van der Waals surface area (Å²) in [5.74, 6) is 0. The Bertz CT molecular complexity index is 557. The summed E-state index contributed by atoms with van der Waals surface area (Å²) in [6.45, 7) is 8.05. The number of aromatic nitrogens is 3. The zero-order valence-corrected chi connectivity index (χ0v) is 14.6. The van der Waals surface area contributed by atoms with Gasteiger partial charge in [0.25, 0.3) is 0 Å². The Morgan fingerprint density at radius 3 is 2.39 bits per heavy atom. The highest BCUT2D eigenvalue weighted by Crippen LogP contribution is 2.16. The Morgan fingerprint density at radius 2 is 1.70 bits per heavy atom. The monoisotopic (exact) mass is 317 g/mol. The molecule has 2 aromatic rings. The lowest BCUT2D eigenvalue weighted by atomic mass is 10.2. The van der Waals surface area contributed by atoms with Gasteiger partial charge in [-0.05, 0) is 57.5 Å². The van der Waals surface area contributed by atoms with Crippen molar-refractivity contribution in [1.29, 1.82) is 0 Å². The number of hydrogen-bond donors (Lipinski definition) is 1. The van der Waals surface area contributed by atoms with Gasteiger partial charge in [-0.25, -0.2) is 4.68 Å². The van der Waals surface area contributed by atoms with Gasteiger partial charge in [0.1, 0.15) is 11.7 Å². The molecule has 0 amide bonds. The average molecular weight is 317 g/mol. The van der Waals surface area contributed by atoms with E-state index in [0.29, 0.717) is 0 Å². The van der Waals surface area contributed by atoms with Crippen molar-refractivity contribution in [2.24, 2.45) is 5.73 Å². The minimum atomic E-state index is -0.0957. The van der Waals surface area contributed by atoms with Crippen LogP contribution in [-0.2, 0) is 0 Å². The first-order chi connectivity index (χ1) is 11.3. The smallest absolute Gasteiger partial charge is 0.113 e. The summed E-state index contributed by atoms with van der Waals surface area (Å²) in [4.78, 5) is 2.58. The van der Waals surface area contributed by atoms with Crippen LogP contribution < -0.4 is 5.73 Å². The SMILES string of the molecule is CCCCN(CCCC)CCCC(N)n1nnc2ccccc21. The van der Waals surface area contributed by atoms with E-state index in [0.717, 1.165) is 30.4 Å². The predicted octanol–water partition coefficient (Wildman–Crippen LogP) is 3.57. The fourth-order valence-corrected chi connectivity index (χ4v) is 2.88. The lowest BCUT2D eigenvalue weighted by Gasteiger charge is -2.22. The van der Waals surface area contributed by atoms with E-state index < -0.39 is 0 Å². The van der Waals surface area contributed by atoms with Crippen molar-refractivity contribution in [2.45, 2.75) is 58.5 Å². The highest BCUT2D eigenvalue weighted by molar-refractivity contribution is 5.73. The van der Waals surface area contributed by atoms with Crippen molar-refractivity contribution in [1.82, 2.24) is 19.9 Å². The van der Waals surface area contributed by atoms with Crippen molar-refractivity contribution in [3.8, 4) is 0 Å². The van der Waals surface area contributed by atoms with Crippen molar-refractivity contribution >= 4 is 11.0 Å². The Balaban J connectivity index is 1.83. The summed E-state index contributed by atoms with van der Waals surface area (Å²) in [6, 6.07) is 7.99. The number of hydrogen-bond acceptors (Lipinski definition) is 4. The summed E-state index contributed by atoms with van der Waals surface area (Å²) in [5.41, 5.74) is 8.27. The summed E-state index contributed by atoms with van der Waals surface area (Å²) in [5, 5.41) is 8.41. The Kier molecular flexibility index (Phi) is 7.49. The van der Waals surface area contributed by atoms with Gasteiger partial charge in [-0.15, -0.1) is 5.10 Å². The van der Waals surface area contributed by atoms with Crippen molar-refractivity contribution < 1.29 is 0 Å². The van der Waals surface area contributed by atoms with Gasteiger partial charge >= 0.3 is 0 Å². The van der Waals surface area contributed by atoms with Crippen molar-refractivity contribution in [3.63, 3.8) is 0 Å². The largest absolute Gasteiger partial charge is 0.310 e. The van der Waals surface area contributed by atoms with Gasteiger partial charge in [0, 0.05) is 0 Å². The topological polar surface area (TPSA) is 60.0 Å². The van der Waals surface area contributed by atoms with Crippen LogP contribution in [0.2, 0.25) is 0 Å². The fraction of sp³-hybridized carbons (Fsp3) is 0.667. The average Bonchev–Trinajstić information content (AvgIpc) is 3.00. The zero-order valence-electron chi connectivity index (χ0n) is 14.6. The van der Waals surface area contributed by atoms with Crippen LogP contribution in [0.3, 0.4) is 0 Å². The first kappa shape index (κ1) is 17.9. The van der Waals surface area contributed by atoms with Crippen LogP contribution in [0.5, 0.6) is 0 Å². The summed E-state index contributed by atoms with van der Waals surface area (Å²) >= 11 is 0. The molecule has 0 fully saturated rings. The molecule has 0 aliphatic carbocycles. The molecule has 0 aliphatic heterocycles. The second-order valence-electron chi connectivity index (χ2n) is 6.28. The molecule has 23 heavy (non-hydrogen) atoms. The molecule has 1 unspecified atom stereocenters. The Labute approximate surface area is 139 Å². The molecule has 2 rings (SSSR count). The third kappa shape index (κ3) is 5.29.